The first-order valence-electron chi connectivity index (χ1n) is 7.30. The van der Waals surface area contributed by atoms with Gasteiger partial charge < -0.3 is 14.6 Å². The molecule has 10 nitrogen and oxygen atoms in total. The second-order valence-corrected chi connectivity index (χ2v) is 5.69. The van der Waals surface area contributed by atoms with E-state index < -0.39 is 24.1 Å². The molecule has 2 saturated heterocycles. The third-order valence-electron chi connectivity index (χ3n) is 4.05. The zero-order valence-corrected chi connectivity index (χ0v) is 12.5. The van der Waals surface area contributed by atoms with E-state index in [4.69, 9.17) is 15.0 Å². The summed E-state index contributed by atoms with van der Waals surface area (Å²) in [6, 6.07) is -0.561. The van der Waals surface area contributed by atoms with Gasteiger partial charge in [-0.15, -0.1) is 0 Å². The first-order valence-corrected chi connectivity index (χ1v) is 7.30. The van der Waals surface area contributed by atoms with Gasteiger partial charge in [-0.05, 0) is 12.5 Å². The molecular weight excluding hydrogens is 306 g/mol. The molecule has 3 rings (SSSR count). The zero-order valence-electron chi connectivity index (χ0n) is 12.5. The summed E-state index contributed by atoms with van der Waals surface area (Å²) in [6.07, 6.45) is 0.219. The molecule has 124 valence electrons. The molecule has 0 saturated carbocycles. The molecule has 0 aromatic carbocycles. The van der Waals surface area contributed by atoms with Crippen LogP contribution in [0.2, 0.25) is 0 Å². The number of rotatable bonds is 5. The Morgan fingerprint density at radius 2 is 2.26 bits per heavy atom. The van der Waals surface area contributed by atoms with Crippen molar-refractivity contribution in [1.29, 1.82) is 0 Å². The number of epoxide rings is 1. The van der Waals surface area contributed by atoms with E-state index in [1.54, 1.807) is 6.92 Å². The Balaban J connectivity index is 1.96. The second-order valence-electron chi connectivity index (χ2n) is 5.69. The smallest absolute Gasteiger partial charge is 0.333 e. The normalized spacial score (nSPS) is 29.3. The van der Waals surface area contributed by atoms with E-state index >= 15 is 0 Å². The van der Waals surface area contributed by atoms with Gasteiger partial charge in [0.05, 0.1) is 38.0 Å². The number of aromatic nitrogens is 2. The zero-order chi connectivity index (χ0) is 16.6. The highest BCUT2D eigenvalue weighted by molar-refractivity contribution is 5.04. The quantitative estimate of drug-likeness (QED) is 0.343. The number of hydrogen-bond donors (Lipinski definition) is 1. The van der Waals surface area contributed by atoms with E-state index in [-0.39, 0.29) is 31.2 Å². The second kappa shape index (κ2) is 6.17. The summed E-state index contributed by atoms with van der Waals surface area (Å²) in [5.41, 5.74) is 8.12. The fourth-order valence-electron chi connectivity index (χ4n) is 2.74. The van der Waals surface area contributed by atoms with Crippen molar-refractivity contribution in [3.8, 4) is 0 Å². The molecule has 0 spiro atoms. The minimum atomic E-state index is -0.694. The molecular formula is C13H17N5O5. The van der Waals surface area contributed by atoms with Crippen molar-refractivity contribution in [2.24, 2.45) is 5.11 Å². The van der Waals surface area contributed by atoms with Crippen molar-refractivity contribution >= 4 is 0 Å². The van der Waals surface area contributed by atoms with Crippen LogP contribution in [-0.4, -0.2) is 45.7 Å². The van der Waals surface area contributed by atoms with Crippen LogP contribution in [0.1, 0.15) is 18.2 Å². The minimum Gasteiger partial charge on any atom is -0.394 e. The Morgan fingerprint density at radius 3 is 2.87 bits per heavy atom. The third kappa shape index (κ3) is 3.02. The molecule has 4 atom stereocenters. The maximum Gasteiger partial charge on any atom is 0.333 e. The van der Waals surface area contributed by atoms with E-state index in [2.05, 4.69) is 10.0 Å². The van der Waals surface area contributed by atoms with E-state index in [1.807, 2.05) is 0 Å². The molecule has 1 aromatic rings. The molecule has 1 N–H and O–H groups in total. The number of ether oxygens (including phenoxy) is 2. The lowest BCUT2D eigenvalue weighted by Gasteiger charge is -2.17. The fourth-order valence-corrected chi connectivity index (χ4v) is 2.74. The molecule has 23 heavy (non-hydrogen) atoms. The summed E-state index contributed by atoms with van der Waals surface area (Å²) < 4.78 is 13.1. The van der Waals surface area contributed by atoms with Gasteiger partial charge in [0.2, 0.25) is 0 Å². The molecule has 10 heteroatoms. The van der Waals surface area contributed by atoms with Crippen molar-refractivity contribution in [2.45, 2.75) is 44.4 Å². The Labute approximate surface area is 130 Å². The van der Waals surface area contributed by atoms with Crippen LogP contribution < -0.4 is 11.2 Å². The molecule has 0 radical (unpaired) electrons. The average molecular weight is 323 g/mol. The van der Waals surface area contributed by atoms with E-state index in [0.717, 1.165) is 4.57 Å². The SMILES string of the molecule is Cc1cn([C@H]2C[C@H](N=[N+]=[N-])[C@@H](CO)O2)c(=O)n(CC2CO2)c1=O. The van der Waals surface area contributed by atoms with Crippen LogP contribution in [0.15, 0.2) is 20.9 Å². The highest BCUT2D eigenvalue weighted by Crippen LogP contribution is 2.29. The van der Waals surface area contributed by atoms with Gasteiger partial charge in [0, 0.05) is 23.1 Å². The lowest BCUT2D eigenvalue weighted by molar-refractivity contribution is -0.0278. The lowest BCUT2D eigenvalue weighted by Crippen LogP contribution is -2.43. The van der Waals surface area contributed by atoms with Crippen LogP contribution in [0.5, 0.6) is 0 Å². The number of azide groups is 1. The Morgan fingerprint density at radius 1 is 1.52 bits per heavy atom. The molecule has 0 aliphatic carbocycles. The van der Waals surface area contributed by atoms with Crippen LogP contribution in [0.4, 0.5) is 0 Å². The molecule has 2 aliphatic rings. The van der Waals surface area contributed by atoms with Gasteiger partial charge in [-0.25, -0.2) is 4.79 Å². The number of aliphatic hydroxyl groups is 1. The largest absolute Gasteiger partial charge is 0.394 e. The maximum absolute atomic E-state index is 12.6. The lowest BCUT2D eigenvalue weighted by atomic mass is 10.1. The summed E-state index contributed by atoms with van der Waals surface area (Å²) >= 11 is 0. The van der Waals surface area contributed by atoms with Crippen molar-refractivity contribution < 1.29 is 14.6 Å². The van der Waals surface area contributed by atoms with Gasteiger partial charge in [0.1, 0.15) is 6.23 Å². The summed E-state index contributed by atoms with van der Waals surface area (Å²) in [5.74, 6) is 0. The number of hydrogen-bond acceptors (Lipinski definition) is 6. The number of nitrogens with zero attached hydrogens (tertiary/aromatic N) is 5. The molecule has 2 aliphatic heterocycles. The van der Waals surface area contributed by atoms with Crippen LogP contribution in [-0.2, 0) is 16.0 Å². The Bertz CT molecular complexity index is 761. The van der Waals surface area contributed by atoms with Gasteiger partial charge in [-0.1, -0.05) is 5.11 Å². The minimum absolute atomic E-state index is 0.110. The van der Waals surface area contributed by atoms with E-state index in [9.17, 15) is 14.7 Å². The van der Waals surface area contributed by atoms with Crippen LogP contribution in [0, 0.1) is 6.92 Å². The molecule has 0 amide bonds. The summed E-state index contributed by atoms with van der Waals surface area (Å²) in [5, 5.41) is 12.9. The van der Waals surface area contributed by atoms with Gasteiger partial charge in [-0.3, -0.25) is 13.9 Å². The first kappa shape index (κ1) is 15.8. The Hall–Kier alpha value is -2.13. The third-order valence-corrected chi connectivity index (χ3v) is 4.05. The summed E-state index contributed by atoms with van der Waals surface area (Å²) in [4.78, 5) is 27.5. The molecule has 3 heterocycles. The van der Waals surface area contributed by atoms with Crippen molar-refractivity contribution in [1.82, 2.24) is 9.13 Å². The standard InChI is InChI=1S/C13H17N5O5/c1-7-3-17(11-2-9(15-16-14)10(5-19)23-11)13(21)18(12(7)20)4-8-6-22-8/h3,8-11,19H,2,4-6H2,1H3/t8?,9-,10+,11+/m0/s1. The van der Waals surface area contributed by atoms with Crippen molar-refractivity contribution in [3.63, 3.8) is 0 Å². The summed E-state index contributed by atoms with van der Waals surface area (Å²) in [7, 11) is 0. The molecule has 1 unspecified atom stereocenters. The summed E-state index contributed by atoms with van der Waals surface area (Å²) in [6.45, 7) is 2.04. The van der Waals surface area contributed by atoms with Crippen molar-refractivity contribution in [3.05, 3.63) is 43.0 Å². The van der Waals surface area contributed by atoms with Crippen LogP contribution >= 0.6 is 0 Å². The topological polar surface area (TPSA) is 135 Å². The molecule has 1 aromatic heterocycles. The van der Waals surface area contributed by atoms with E-state index in [1.165, 1.54) is 10.8 Å². The number of aliphatic hydroxyl groups excluding tert-OH is 1. The maximum atomic E-state index is 12.6. The molecule has 0 bridgehead atoms. The van der Waals surface area contributed by atoms with Gasteiger partial charge in [0.15, 0.2) is 0 Å². The average Bonchev–Trinajstić information content (AvgIpc) is 3.27. The highest BCUT2D eigenvalue weighted by atomic mass is 16.6. The Kier molecular flexibility index (Phi) is 4.22. The fraction of sp³-hybridized carbons (Fsp3) is 0.692. The molecule has 2 fully saturated rings. The monoisotopic (exact) mass is 323 g/mol. The van der Waals surface area contributed by atoms with Crippen LogP contribution in [0.3, 0.4) is 0 Å². The van der Waals surface area contributed by atoms with Gasteiger partial charge in [0.25, 0.3) is 5.56 Å². The first-order chi connectivity index (χ1) is 11.0. The van der Waals surface area contributed by atoms with E-state index in [0.29, 0.717) is 12.2 Å². The predicted molar refractivity (Wildman–Crippen MR) is 78.0 cm³/mol. The van der Waals surface area contributed by atoms with Gasteiger partial charge in [-0.2, -0.15) is 0 Å². The predicted octanol–water partition coefficient (Wildman–Crippen LogP) is -0.324. The van der Waals surface area contributed by atoms with Gasteiger partial charge >= 0.3 is 5.69 Å². The number of aryl methyl sites for hydroxylation is 1. The highest BCUT2D eigenvalue weighted by Gasteiger charge is 2.36. The van der Waals surface area contributed by atoms with Crippen LogP contribution in [0.25, 0.3) is 10.4 Å². The van der Waals surface area contributed by atoms with Crippen molar-refractivity contribution in [2.75, 3.05) is 13.2 Å².